The molecule has 0 saturated heterocycles. The van der Waals surface area contributed by atoms with Gasteiger partial charge in [0, 0.05) is 13.0 Å². The molecule has 33 heavy (non-hydrogen) atoms. The van der Waals surface area contributed by atoms with Crippen LogP contribution in [0, 0.1) is 6.92 Å². The highest BCUT2D eigenvalue weighted by Crippen LogP contribution is 2.30. The van der Waals surface area contributed by atoms with Crippen molar-refractivity contribution in [3.8, 4) is 0 Å². The zero-order valence-corrected chi connectivity index (χ0v) is 18.9. The van der Waals surface area contributed by atoms with Crippen molar-refractivity contribution >= 4 is 50.7 Å². The highest BCUT2D eigenvalue weighted by molar-refractivity contribution is 7.20. The summed E-state index contributed by atoms with van der Waals surface area (Å²) in [7, 11) is 0. The fourth-order valence-electron chi connectivity index (χ4n) is 4.33. The average molecular weight is 467 g/mol. The van der Waals surface area contributed by atoms with Gasteiger partial charge in [-0.05, 0) is 37.5 Å². The first-order valence-corrected chi connectivity index (χ1v) is 11.6. The molecule has 0 bridgehead atoms. The molecule has 9 nitrogen and oxygen atoms in total. The minimum absolute atomic E-state index is 0.128. The van der Waals surface area contributed by atoms with Crippen LogP contribution in [0.25, 0.3) is 10.2 Å². The highest BCUT2D eigenvalue weighted by Gasteiger charge is 2.28. The number of fused-ring (bicyclic) bond motifs is 3. The molecule has 1 aromatic carbocycles. The summed E-state index contributed by atoms with van der Waals surface area (Å²) in [6, 6.07) is 6.93. The van der Waals surface area contributed by atoms with Crippen LogP contribution in [0.5, 0.6) is 0 Å². The van der Waals surface area contributed by atoms with Crippen molar-refractivity contribution in [3.05, 3.63) is 50.9 Å². The molecule has 0 radical (unpaired) electrons. The number of hydrogen-bond acceptors (Lipinski definition) is 7. The smallest absolute Gasteiger partial charge is 0.349 e. The van der Waals surface area contributed by atoms with E-state index in [1.807, 2.05) is 0 Å². The Morgan fingerprint density at radius 2 is 2.00 bits per heavy atom. The number of carbonyl (C=O) groups excluding carboxylic acids is 3. The largest absolute Gasteiger partial charge is 0.451 e. The molecule has 170 valence electrons. The second kappa shape index (κ2) is 8.43. The fraction of sp³-hybridized carbons (Fsp3) is 0.348. The van der Waals surface area contributed by atoms with Gasteiger partial charge in [-0.15, -0.1) is 11.3 Å². The number of aryl methyl sites for hydroxylation is 2. The van der Waals surface area contributed by atoms with E-state index in [9.17, 15) is 19.2 Å². The second-order valence-corrected chi connectivity index (χ2v) is 9.15. The quantitative estimate of drug-likeness (QED) is 0.594. The number of para-hydroxylation sites is 2. The number of carbonyl (C=O) groups is 3. The minimum atomic E-state index is -0.682. The number of nitrogens with one attached hydrogen (secondary N) is 1. The Bertz CT molecular complexity index is 1360. The van der Waals surface area contributed by atoms with Crippen LogP contribution in [0.1, 0.15) is 40.3 Å². The van der Waals surface area contributed by atoms with Crippen molar-refractivity contribution < 1.29 is 19.1 Å². The molecular formula is C23H22N4O5S. The SMILES string of the molecule is Cc1c(C(=O)OCC(=O)N2CC(=O)Nc3ccccc32)sc2nc3n(c(=O)c12)CCCCC3. The Morgan fingerprint density at radius 3 is 2.85 bits per heavy atom. The van der Waals surface area contributed by atoms with Gasteiger partial charge in [-0.1, -0.05) is 18.6 Å². The molecular weight excluding hydrogens is 444 g/mol. The van der Waals surface area contributed by atoms with Gasteiger partial charge < -0.3 is 10.1 Å². The third-order valence-electron chi connectivity index (χ3n) is 6.00. The lowest BCUT2D eigenvalue weighted by molar-refractivity contribution is -0.124. The Balaban J connectivity index is 1.37. The number of esters is 1. The maximum atomic E-state index is 13.1. The first-order chi connectivity index (χ1) is 15.9. The van der Waals surface area contributed by atoms with Gasteiger partial charge in [0.05, 0.1) is 16.8 Å². The van der Waals surface area contributed by atoms with Crippen LogP contribution in [-0.2, 0) is 27.3 Å². The van der Waals surface area contributed by atoms with Crippen LogP contribution in [0.3, 0.4) is 0 Å². The molecule has 0 unspecified atom stereocenters. The van der Waals surface area contributed by atoms with Crippen molar-refractivity contribution in [2.75, 3.05) is 23.4 Å². The summed E-state index contributed by atoms with van der Waals surface area (Å²) in [6.45, 7) is 1.67. The van der Waals surface area contributed by atoms with E-state index in [2.05, 4.69) is 10.3 Å². The third kappa shape index (κ3) is 3.80. The van der Waals surface area contributed by atoms with Crippen LogP contribution in [-0.4, -0.2) is 40.5 Å². The summed E-state index contributed by atoms with van der Waals surface area (Å²) in [5.74, 6) is -0.754. The number of aromatic nitrogens is 2. The third-order valence-corrected chi connectivity index (χ3v) is 7.16. The van der Waals surface area contributed by atoms with Crippen LogP contribution >= 0.6 is 11.3 Å². The van der Waals surface area contributed by atoms with Gasteiger partial charge in [0.2, 0.25) is 5.91 Å². The molecule has 1 N–H and O–H groups in total. The number of thiophene rings is 1. The molecule has 4 heterocycles. The minimum Gasteiger partial charge on any atom is -0.451 e. The van der Waals surface area contributed by atoms with E-state index in [1.165, 1.54) is 4.90 Å². The number of nitrogens with zero attached hydrogens (tertiary/aromatic N) is 3. The first-order valence-electron chi connectivity index (χ1n) is 10.8. The fourth-order valence-corrected chi connectivity index (χ4v) is 5.42. The molecule has 2 aliphatic heterocycles. The number of anilines is 2. The molecule has 2 amide bonds. The topological polar surface area (TPSA) is 111 Å². The van der Waals surface area contributed by atoms with Crippen molar-refractivity contribution in [3.63, 3.8) is 0 Å². The van der Waals surface area contributed by atoms with Gasteiger partial charge in [0.25, 0.3) is 11.5 Å². The van der Waals surface area contributed by atoms with Crippen LogP contribution in [0.2, 0.25) is 0 Å². The average Bonchev–Trinajstić information content (AvgIpc) is 2.97. The molecule has 2 aliphatic rings. The summed E-state index contributed by atoms with van der Waals surface area (Å²) >= 11 is 1.11. The van der Waals surface area contributed by atoms with E-state index in [0.717, 1.165) is 42.8 Å². The lowest BCUT2D eigenvalue weighted by Gasteiger charge is -2.28. The molecule has 5 rings (SSSR count). The number of amides is 2. The maximum Gasteiger partial charge on any atom is 0.349 e. The van der Waals surface area contributed by atoms with Gasteiger partial charge in [-0.3, -0.25) is 23.9 Å². The number of rotatable bonds is 3. The van der Waals surface area contributed by atoms with Crippen LogP contribution in [0.4, 0.5) is 11.4 Å². The van der Waals surface area contributed by atoms with E-state index < -0.39 is 18.5 Å². The van der Waals surface area contributed by atoms with Gasteiger partial charge in [-0.2, -0.15) is 0 Å². The normalized spacial score (nSPS) is 15.4. The molecule has 0 aliphatic carbocycles. The zero-order chi connectivity index (χ0) is 23.1. The zero-order valence-electron chi connectivity index (χ0n) is 18.1. The molecule has 2 aromatic heterocycles. The molecule has 0 atom stereocenters. The second-order valence-electron chi connectivity index (χ2n) is 8.15. The van der Waals surface area contributed by atoms with E-state index in [4.69, 9.17) is 4.74 Å². The predicted molar refractivity (Wildman–Crippen MR) is 124 cm³/mol. The Labute approximate surface area is 193 Å². The number of ether oxygens (including phenoxy) is 1. The summed E-state index contributed by atoms with van der Waals surface area (Å²) in [5, 5.41) is 3.15. The first kappa shape index (κ1) is 21.3. The van der Waals surface area contributed by atoms with E-state index in [-0.39, 0.29) is 22.9 Å². The lowest BCUT2D eigenvalue weighted by atomic mass is 10.2. The van der Waals surface area contributed by atoms with E-state index in [1.54, 1.807) is 35.8 Å². The molecule has 0 fully saturated rings. The summed E-state index contributed by atoms with van der Waals surface area (Å²) < 4.78 is 7.02. The maximum absolute atomic E-state index is 13.1. The molecule has 3 aromatic rings. The van der Waals surface area contributed by atoms with Gasteiger partial charge in [0.1, 0.15) is 22.1 Å². The van der Waals surface area contributed by atoms with Gasteiger partial charge >= 0.3 is 5.97 Å². The highest BCUT2D eigenvalue weighted by atomic mass is 32.1. The van der Waals surface area contributed by atoms with Gasteiger partial charge in [0.15, 0.2) is 6.61 Å². The standard InChI is InChI=1S/C23H22N4O5S/c1-13-19-21(25-16-9-3-2-6-10-26(16)22(19)30)33-20(13)23(31)32-12-18(29)27-11-17(28)24-14-7-4-5-8-15(14)27/h4-5,7-8H,2-3,6,9-12H2,1H3,(H,24,28). The van der Waals surface area contributed by atoms with Crippen molar-refractivity contribution in [2.24, 2.45) is 0 Å². The lowest BCUT2D eigenvalue weighted by Crippen LogP contribution is -2.44. The predicted octanol–water partition coefficient (Wildman–Crippen LogP) is 2.63. The number of hydrogen-bond donors (Lipinski definition) is 1. The monoisotopic (exact) mass is 466 g/mol. The summed E-state index contributed by atoms with van der Waals surface area (Å²) in [4.78, 5) is 57.4. The van der Waals surface area contributed by atoms with Gasteiger partial charge in [-0.25, -0.2) is 9.78 Å². The van der Waals surface area contributed by atoms with Crippen molar-refractivity contribution in [1.82, 2.24) is 9.55 Å². The summed E-state index contributed by atoms with van der Waals surface area (Å²) in [6.07, 6.45) is 3.71. The van der Waals surface area contributed by atoms with Crippen molar-refractivity contribution in [1.29, 1.82) is 0 Å². The molecule has 10 heteroatoms. The Hall–Kier alpha value is -3.53. The Morgan fingerprint density at radius 1 is 1.18 bits per heavy atom. The van der Waals surface area contributed by atoms with Crippen LogP contribution < -0.4 is 15.8 Å². The van der Waals surface area contributed by atoms with Crippen LogP contribution in [0.15, 0.2) is 29.1 Å². The number of benzene rings is 1. The Kier molecular flexibility index (Phi) is 5.45. The molecule has 0 saturated carbocycles. The van der Waals surface area contributed by atoms with Crippen molar-refractivity contribution in [2.45, 2.75) is 39.2 Å². The van der Waals surface area contributed by atoms with E-state index >= 15 is 0 Å². The molecule has 0 spiro atoms. The van der Waals surface area contributed by atoms with E-state index in [0.29, 0.717) is 33.7 Å². The summed E-state index contributed by atoms with van der Waals surface area (Å²) in [5.41, 5.74) is 1.47.